The van der Waals surface area contributed by atoms with Crippen LogP contribution < -0.4 is 9.64 Å². The number of hydrogen-bond acceptors (Lipinski definition) is 3. The molecule has 1 aliphatic rings. The van der Waals surface area contributed by atoms with Crippen LogP contribution in [0.1, 0.15) is 11.1 Å². The largest absolute Gasteiger partial charge is 0.496 e. The zero-order valence-electron chi connectivity index (χ0n) is 15.5. The van der Waals surface area contributed by atoms with Gasteiger partial charge in [0.2, 0.25) is 0 Å². The maximum Gasteiger partial charge on any atom is 0.282 e. The molecule has 0 aromatic heterocycles. The Morgan fingerprint density at radius 3 is 2.52 bits per heavy atom. The number of rotatable bonds is 4. The summed E-state index contributed by atoms with van der Waals surface area (Å²) in [6.45, 7) is 0. The van der Waals surface area contributed by atoms with Gasteiger partial charge >= 0.3 is 0 Å². The van der Waals surface area contributed by atoms with Gasteiger partial charge in [-0.1, -0.05) is 57.9 Å². The number of halogens is 2. The molecule has 6 heteroatoms. The molecule has 0 N–H and O–H groups in total. The molecule has 3 aromatic carbocycles. The van der Waals surface area contributed by atoms with Gasteiger partial charge in [-0.05, 0) is 54.1 Å². The summed E-state index contributed by atoms with van der Waals surface area (Å²) in [5.41, 5.74) is 2.64. The maximum atomic E-state index is 13.3. The molecule has 0 fully saturated rings. The maximum absolute atomic E-state index is 13.3. The van der Waals surface area contributed by atoms with Crippen molar-refractivity contribution < 1.29 is 9.53 Å². The second-order valence-electron chi connectivity index (χ2n) is 6.34. The molecule has 29 heavy (non-hydrogen) atoms. The van der Waals surface area contributed by atoms with Gasteiger partial charge in [0, 0.05) is 9.50 Å². The van der Waals surface area contributed by atoms with E-state index in [-0.39, 0.29) is 5.91 Å². The molecule has 0 atom stereocenters. The number of amides is 1. The first-order valence-corrected chi connectivity index (χ1v) is 10.0. The van der Waals surface area contributed by atoms with Crippen LogP contribution >= 0.6 is 27.5 Å². The highest BCUT2D eigenvalue weighted by molar-refractivity contribution is 9.10. The van der Waals surface area contributed by atoms with Gasteiger partial charge < -0.3 is 4.74 Å². The summed E-state index contributed by atoms with van der Waals surface area (Å²) in [5.74, 6) is 0.955. The van der Waals surface area contributed by atoms with Crippen molar-refractivity contribution in [2.75, 3.05) is 12.0 Å². The third kappa shape index (κ3) is 3.97. The van der Waals surface area contributed by atoms with E-state index >= 15 is 0 Å². The predicted molar refractivity (Wildman–Crippen MR) is 121 cm³/mol. The van der Waals surface area contributed by atoms with Gasteiger partial charge in [0.05, 0.1) is 18.4 Å². The van der Waals surface area contributed by atoms with Gasteiger partial charge in [0.15, 0.2) is 5.84 Å². The highest BCUT2D eigenvalue weighted by Gasteiger charge is 2.33. The van der Waals surface area contributed by atoms with Crippen LogP contribution in [0.2, 0.25) is 5.02 Å². The number of nitrogens with zero attached hydrogens (tertiary/aromatic N) is 2. The van der Waals surface area contributed by atoms with Crippen molar-refractivity contribution in [1.29, 1.82) is 0 Å². The van der Waals surface area contributed by atoms with Gasteiger partial charge in [0.25, 0.3) is 5.91 Å². The fraction of sp³-hybridized carbons (Fsp3) is 0.0435. The van der Waals surface area contributed by atoms with E-state index in [2.05, 4.69) is 20.9 Å². The number of ether oxygens (including phenoxy) is 1. The number of anilines is 1. The molecule has 0 saturated carbocycles. The van der Waals surface area contributed by atoms with E-state index in [1.54, 1.807) is 30.2 Å². The molecule has 144 valence electrons. The topological polar surface area (TPSA) is 41.9 Å². The summed E-state index contributed by atoms with van der Waals surface area (Å²) >= 11 is 9.45. The highest BCUT2D eigenvalue weighted by Crippen LogP contribution is 2.32. The van der Waals surface area contributed by atoms with Gasteiger partial charge in [0.1, 0.15) is 11.4 Å². The monoisotopic (exact) mass is 466 g/mol. The van der Waals surface area contributed by atoms with E-state index in [1.807, 2.05) is 60.7 Å². The van der Waals surface area contributed by atoms with Crippen LogP contribution in [0.3, 0.4) is 0 Å². The van der Waals surface area contributed by atoms with Crippen molar-refractivity contribution in [3.63, 3.8) is 0 Å². The van der Waals surface area contributed by atoms with Crippen molar-refractivity contribution in [2.24, 2.45) is 4.99 Å². The van der Waals surface area contributed by atoms with E-state index in [1.165, 1.54) is 0 Å². The van der Waals surface area contributed by atoms with Crippen LogP contribution in [0, 0.1) is 0 Å². The van der Waals surface area contributed by atoms with Gasteiger partial charge in [-0.2, -0.15) is 0 Å². The molecule has 4 rings (SSSR count). The molecule has 0 saturated heterocycles. The number of carbonyl (C=O) groups excluding carboxylic acids is 1. The summed E-state index contributed by atoms with van der Waals surface area (Å²) in [7, 11) is 1.60. The molecule has 3 aromatic rings. The lowest BCUT2D eigenvalue weighted by Crippen LogP contribution is -2.32. The number of methoxy groups -OCH3 is 1. The third-order valence-corrected chi connectivity index (χ3v) is 5.19. The van der Waals surface area contributed by atoms with Gasteiger partial charge in [-0.25, -0.2) is 4.99 Å². The minimum Gasteiger partial charge on any atom is -0.496 e. The van der Waals surface area contributed by atoms with E-state index in [0.717, 1.165) is 15.6 Å². The second kappa shape index (κ2) is 8.23. The van der Waals surface area contributed by atoms with Crippen LogP contribution in [-0.2, 0) is 4.79 Å². The summed E-state index contributed by atoms with van der Waals surface area (Å²) in [4.78, 5) is 19.6. The van der Waals surface area contributed by atoms with Crippen LogP contribution in [0.25, 0.3) is 6.08 Å². The quantitative estimate of drug-likeness (QED) is 0.445. The summed E-state index contributed by atoms with van der Waals surface area (Å²) < 4.78 is 6.38. The molecule has 0 radical (unpaired) electrons. The molecular formula is C23H16BrClN2O2. The Morgan fingerprint density at radius 2 is 1.79 bits per heavy atom. The number of para-hydroxylation sites is 1. The number of amidine groups is 1. The lowest BCUT2D eigenvalue weighted by molar-refractivity contribution is -0.113. The van der Waals surface area contributed by atoms with Crippen LogP contribution in [0.4, 0.5) is 5.69 Å². The number of carbonyl (C=O) groups is 1. The number of aliphatic imine (C=N–C) groups is 1. The Morgan fingerprint density at radius 1 is 1.03 bits per heavy atom. The van der Waals surface area contributed by atoms with E-state index in [0.29, 0.717) is 28.0 Å². The standard InChI is InChI=1S/C23H16BrClN2O2/c1-29-21-8-3-2-7-19(21)22-26-20(13-15-9-11-17(25)12-10-15)23(28)27(22)18-6-4-5-16(24)14-18/h2-14H,1H3/b20-13+. The van der Waals surface area contributed by atoms with Crippen LogP contribution in [0.5, 0.6) is 5.75 Å². The molecule has 0 unspecified atom stereocenters. The lowest BCUT2D eigenvalue weighted by Gasteiger charge is -2.20. The summed E-state index contributed by atoms with van der Waals surface area (Å²) in [6.07, 6.45) is 1.76. The second-order valence-corrected chi connectivity index (χ2v) is 7.69. The molecule has 4 nitrogen and oxygen atoms in total. The number of benzene rings is 3. The Labute approximate surface area is 182 Å². The third-order valence-electron chi connectivity index (χ3n) is 4.45. The van der Waals surface area contributed by atoms with Crippen molar-refractivity contribution in [3.05, 3.63) is 99.1 Å². The molecule has 0 spiro atoms. The van der Waals surface area contributed by atoms with Crippen molar-refractivity contribution >= 4 is 51.0 Å². The Bertz CT molecular complexity index is 1140. The van der Waals surface area contributed by atoms with Crippen LogP contribution in [-0.4, -0.2) is 18.9 Å². The van der Waals surface area contributed by atoms with Crippen molar-refractivity contribution in [1.82, 2.24) is 0 Å². The highest BCUT2D eigenvalue weighted by atomic mass is 79.9. The Balaban J connectivity index is 1.86. The first-order valence-electron chi connectivity index (χ1n) is 8.86. The normalized spacial score (nSPS) is 15.0. The minimum atomic E-state index is -0.209. The first kappa shape index (κ1) is 19.4. The predicted octanol–water partition coefficient (Wildman–Crippen LogP) is 5.95. The van der Waals surface area contributed by atoms with Crippen molar-refractivity contribution in [2.45, 2.75) is 0 Å². The first-order chi connectivity index (χ1) is 14.1. The lowest BCUT2D eigenvalue weighted by atomic mass is 10.1. The molecule has 0 bridgehead atoms. The smallest absolute Gasteiger partial charge is 0.282 e. The Kier molecular flexibility index (Phi) is 5.51. The fourth-order valence-electron chi connectivity index (χ4n) is 3.10. The minimum absolute atomic E-state index is 0.209. The van der Waals surface area contributed by atoms with Gasteiger partial charge in [-0.3, -0.25) is 9.69 Å². The summed E-state index contributed by atoms with van der Waals surface area (Å²) in [6, 6.07) is 22.3. The Hall–Kier alpha value is -2.89. The molecule has 1 aliphatic heterocycles. The van der Waals surface area contributed by atoms with Crippen molar-refractivity contribution in [3.8, 4) is 5.75 Å². The molecular weight excluding hydrogens is 452 g/mol. The van der Waals surface area contributed by atoms with E-state index in [9.17, 15) is 4.79 Å². The molecule has 1 amide bonds. The summed E-state index contributed by atoms with van der Waals surface area (Å²) in [5, 5.41) is 0.638. The molecule has 1 heterocycles. The van der Waals surface area contributed by atoms with Crippen LogP contribution in [0.15, 0.2) is 88.0 Å². The SMILES string of the molecule is COc1ccccc1C1=N/C(=C/c2ccc(Cl)cc2)C(=O)N1c1cccc(Br)c1. The molecule has 0 aliphatic carbocycles. The van der Waals surface area contributed by atoms with E-state index < -0.39 is 0 Å². The average molecular weight is 468 g/mol. The van der Waals surface area contributed by atoms with Gasteiger partial charge in [-0.15, -0.1) is 0 Å². The average Bonchev–Trinajstić information content (AvgIpc) is 3.05. The van der Waals surface area contributed by atoms with E-state index in [4.69, 9.17) is 16.3 Å². The zero-order valence-corrected chi connectivity index (χ0v) is 17.8. The fourth-order valence-corrected chi connectivity index (χ4v) is 3.61. The zero-order chi connectivity index (χ0) is 20.4. The number of hydrogen-bond donors (Lipinski definition) is 0.